The Bertz CT molecular complexity index is 1080. The maximum atomic E-state index is 13.0. The molecule has 2 aromatic heterocycles. The third kappa shape index (κ3) is 3.10. The van der Waals surface area contributed by atoms with Gasteiger partial charge in [0.1, 0.15) is 11.7 Å². The molecule has 1 aliphatic heterocycles. The van der Waals surface area contributed by atoms with E-state index >= 15 is 0 Å². The average Bonchev–Trinajstić information content (AvgIpc) is 3.30. The van der Waals surface area contributed by atoms with Crippen LogP contribution in [0, 0.1) is 6.92 Å². The van der Waals surface area contributed by atoms with Crippen LogP contribution in [0.4, 0.5) is 0 Å². The zero-order valence-electron chi connectivity index (χ0n) is 14.4. The summed E-state index contributed by atoms with van der Waals surface area (Å²) in [6.45, 7) is 1.86. The molecule has 0 spiro atoms. The molecule has 0 N–H and O–H groups in total. The molecule has 4 rings (SSSR count). The fourth-order valence-electron chi connectivity index (χ4n) is 2.98. The lowest BCUT2D eigenvalue weighted by molar-refractivity contribution is -0.124. The second-order valence-electron chi connectivity index (χ2n) is 6.23. The van der Waals surface area contributed by atoms with Crippen LogP contribution in [0.15, 0.2) is 58.1 Å². The summed E-state index contributed by atoms with van der Waals surface area (Å²) in [4.78, 5) is 20.8. The quantitative estimate of drug-likeness (QED) is 0.680. The Morgan fingerprint density at radius 1 is 1.15 bits per heavy atom. The van der Waals surface area contributed by atoms with Gasteiger partial charge in [-0.3, -0.25) is 9.78 Å². The maximum absolute atomic E-state index is 13.0. The van der Waals surface area contributed by atoms with Crippen LogP contribution in [0.3, 0.4) is 0 Å². The van der Waals surface area contributed by atoms with Crippen LogP contribution in [0.25, 0.3) is 11.5 Å². The van der Waals surface area contributed by atoms with Gasteiger partial charge in [0.2, 0.25) is 11.7 Å². The standard InChI is InChI=1S/C18H16N4O4S/c1-12-5-7-13(8-6-12)27(24,25)22-15(9-10-16(22)23)18-20-17(21-26-18)14-4-2-3-11-19-14/h2-8,11,15H,9-10H2,1H3/t15-/m1/s1. The predicted molar refractivity (Wildman–Crippen MR) is 94.7 cm³/mol. The summed E-state index contributed by atoms with van der Waals surface area (Å²) in [7, 11) is -4.02. The summed E-state index contributed by atoms with van der Waals surface area (Å²) in [5, 5.41) is 3.88. The van der Waals surface area contributed by atoms with Gasteiger partial charge in [0, 0.05) is 12.6 Å². The summed E-state index contributed by atoms with van der Waals surface area (Å²) in [6.07, 6.45) is 1.98. The summed E-state index contributed by atoms with van der Waals surface area (Å²) in [6, 6.07) is 10.8. The first-order valence-corrected chi connectivity index (χ1v) is 9.80. The molecule has 9 heteroatoms. The van der Waals surface area contributed by atoms with Gasteiger partial charge in [-0.15, -0.1) is 0 Å². The Morgan fingerprint density at radius 3 is 2.63 bits per heavy atom. The lowest BCUT2D eigenvalue weighted by Gasteiger charge is -2.21. The molecule has 0 radical (unpaired) electrons. The Labute approximate surface area is 155 Å². The zero-order chi connectivity index (χ0) is 19.0. The van der Waals surface area contributed by atoms with Gasteiger partial charge in [-0.25, -0.2) is 12.7 Å². The van der Waals surface area contributed by atoms with Gasteiger partial charge < -0.3 is 4.52 Å². The van der Waals surface area contributed by atoms with Crippen molar-refractivity contribution < 1.29 is 17.7 Å². The second-order valence-corrected chi connectivity index (χ2v) is 8.05. The van der Waals surface area contributed by atoms with Crippen LogP contribution in [0.2, 0.25) is 0 Å². The maximum Gasteiger partial charge on any atom is 0.267 e. The topological polar surface area (TPSA) is 106 Å². The number of amides is 1. The number of aromatic nitrogens is 3. The van der Waals surface area contributed by atoms with Crippen molar-refractivity contribution in [1.29, 1.82) is 0 Å². The molecular weight excluding hydrogens is 368 g/mol. The van der Waals surface area contributed by atoms with E-state index in [1.165, 1.54) is 12.1 Å². The number of rotatable bonds is 4. The molecule has 1 fully saturated rings. The molecule has 0 unspecified atom stereocenters. The molecule has 0 aliphatic carbocycles. The van der Waals surface area contributed by atoms with Crippen molar-refractivity contribution in [2.24, 2.45) is 0 Å². The van der Waals surface area contributed by atoms with Crippen LogP contribution in [-0.4, -0.2) is 33.8 Å². The predicted octanol–water partition coefficient (Wildman–Crippen LogP) is 2.49. The van der Waals surface area contributed by atoms with Crippen LogP contribution in [-0.2, 0) is 14.8 Å². The molecular formula is C18H16N4O4S. The molecule has 1 aromatic carbocycles. The molecule has 138 valence electrons. The number of hydrogen-bond donors (Lipinski definition) is 0. The number of carbonyl (C=O) groups excluding carboxylic acids is 1. The van der Waals surface area contributed by atoms with Gasteiger partial charge in [-0.2, -0.15) is 4.98 Å². The van der Waals surface area contributed by atoms with Crippen molar-refractivity contribution in [2.45, 2.75) is 30.7 Å². The molecule has 8 nitrogen and oxygen atoms in total. The number of aryl methyl sites for hydroxylation is 1. The first kappa shape index (κ1) is 17.3. The van der Waals surface area contributed by atoms with Crippen LogP contribution < -0.4 is 0 Å². The monoisotopic (exact) mass is 384 g/mol. The van der Waals surface area contributed by atoms with Crippen molar-refractivity contribution in [3.8, 4) is 11.5 Å². The van der Waals surface area contributed by atoms with E-state index in [-0.39, 0.29) is 29.5 Å². The minimum atomic E-state index is -4.02. The fourth-order valence-corrected chi connectivity index (χ4v) is 4.58. The minimum Gasteiger partial charge on any atom is -0.337 e. The number of hydrogen-bond acceptors (Lipinski definition) is 7. The summed E-state index contributed by atoms with van der Waals surface area (Å²) in [5.74, 6) is -0.159. The van der Waals surface area contributed by atoms with Gasteiger partial charge >= 0.3 is 0 Å². The van der Waals surface area contributed by atoms with E-state index in [0.29, 0.717) is 5.69 Å². The van der Waals surface area contributed by atoms with E-state index < -0.39 is 22.0 Å². The van der Waals surface area contributed by atoms with E-state index in [1.54, 1.807) is 36.5 Å². The number of benzene rings is 1. The van der Waals surface area contributed by atoms with Gasteiger partial charge in [-0.1, -0.05) is 28.9 Å². The highest BCUT2D eigenvalue weighted by Crippen LogP contribution is 2.37. The van der Waals surface area contributed by atoms with Crippen molar-refractivity contribution in [3.63, 3.8) is 0 Å². The molecule has 1 saturated heterocycles. The molecule has 27 heavy (non-hydrogen) atoms. The normalized spacial score (nSPS) is 17.4. The van der Waals surface area contributed by atoms with Crippen molar-refractivity contribution in [1.82, 2.24) is 19.4 Å². The van der Waals surface area contributed by atoms with E-state index in [4.69, 9.17) is 4.52 Å². The number of carbonyl (C=O) groups is 1. The highest BCUT2D eigenvalue weighted by molar-refractivity contribution is 7.89. The number of pyridine rings is 1. The van der Waals surface area contributed by atoms with E-state index in [1.807, 2.05) is 6.92 Å². The fraction of sp³-hybridized carbons (Fsp3) is 0.222. The van der Waals surface area contributed by atoms with Gasteiger partial charge in [-0.05, 0) is 37.6 Å². The first-order chi connectivity index (χ1) is 13.0. The SMILES string of the molecule is Cc1ccc(S(=O)(=O)N2C(=O)CC[C@@H]2c2nc(-c3ccccn3)no2)cc1. The molecule has 3 heterocycles. The Morgan fingerprint density at radius 2 is 1.93 bits per heavy atom. The van der Waals surface area contributed by atoms with E-state index in [0.717, 1.165) is 9.87 Å². The molecule has 0 saturated carbocycles. The van der Waals surface area contributed by atoms with Gasteiger partial charge in [0.15, 0.2) is 0 Å². The van der Waals surface area contributed by atoms with Crippen LogP contribution in [0.1, 0.15) is 30.3 Å². The Kier molecular flexibility index (Phi) is 4.23. The van der Waals surface area contributed by atoms with Crippen molar-refractivity contribution >= 4 is 15.9 Å². The van der Waals surface area contributed by atoms with Crippen molar-refractivity contribution in [2.75, 3.05) is 0 Å². The summed E-state index contributed by atoms with van der Waals surface area (Å²) >= 11 is 0. The smallest absolute Gasteiger partial charge is 0.267 e. The zero-order valence-corrected chi connectivity index (χ0v) is 15.3. The lowest BCUT2D eigenvalue weighted by atomic mass is 10.2. The van der Waals surface area contributed by atoms with Crippen LogP contribution >= 0.6 is 0 Å². The first-order valence-electron chi connectivity index (χ1n) is 8.36. The lowest BCUT2D eigenvalue weighted by Crippen LogP contribution is -2.34. The molecule has 1 aliphatic rings. The van der Waals surface area contributed by atoms with Gasteiger partial charge in [0.25, 0.3) is 15.9 Å². The largest absolute Gasteiger partial charge is 0.337 e. The summed E-state index contributed by atoms with van der Waals surface area (Å²) in [5.41, 5.74) is 1.43. The summed E-state index contributed by atoms with van der Waals surface area (Å²) < 4.78 is 32.2. The highest BCUT2D eigenvalue weighted by Gasteiger charge is 2.44. The molecule has 3 aromatic rings. The number of sulfonamides is 1. The van der Waals surface area contributed by atoms with Crippen LogP contribution in [0.5, 0.6) is 0 Å². The minimum absolute atomic E-state index is 0.0535. The van der Waals surface area contributed by atoms with E-state index in [9.17, 15) is 13.2 Å². The van der Waals surface area contributed by atoms with Gasteiger partial charge in [0.05, 0.1) is 4.90 Å². The Hall–Kier alpha value is -3.07. The third-order valence-electron chi connectivity index (χ3n) is 4.36. The second kappa shape index (κ2) is 6.58. The highest BCUT2D eigenvalue weighted by atomic mass is 32.2. The average molecular weight is 384 g/mol. The molecule has 1 atom stereocenters. The molecule has 0 bridgehead atoms. The Balaban J connectivity index is 1.70. The molecule has 1 amide bonds. The van der Waals surface area contributed by atoms with Crippen molar-refractivity contribution in [3.05, 3.63) is 60.1 Å². The number of nitrogens with zero attached hydrogens (tertiary/aromatic N) is 4. The van der Waals surface area contributed by atoms with E-state index in [2.05, 4.69) is 15.1 Å². The third-order valence-corrected chi connectivity index (χ3v) is 6.20.